The molecule has 1 aliphatic heterocycles. The second kappa shape index (κ2) is 14.8. The predicted molar refractivity (Wildman–Crippen MR) is 171 cm³/mol. The number of aromatic nitrogens is 3. The number of pyridine rings is 1. The maximum Gasteiger partial charge on any atom is 0.407 e. The lowest BCUT2D eigenvalue weighted by atomic mass is 10.0. The number of piperazine rings is 1. The van der Waals surface area contributed by atoms with Gasteiger partial charge >= 0.3 is 12.1 Å². The van der Waals surface area contributed by atoms with Crippen molar-refractivity contribution in [3.05, 3.63) is 40.5 Å². The second-order valence-corrected chi connectivity index (χ2v) is 12.1. The normalized spacial score (nSPS) is 14.4. The molecule has 0 unspecified atom stereocenters. The molecule has 1 saturated heterocycles. The zero-order chi connectivity index (χ0) is 31.0. The first kappa shape index (κ1) is 32.5. The fraction of sp³-hybridized carbons (Fsp3) is 0.483. The van der Waals surface area contributed by atoms with E-state index in [9.17, 15) is 9.59 Å². The van der Waals surface area contributed by atoms with E-state index in [1.54, 1.807) is 51.2 Å². The molecule has 0 aliphatic carbocycles. The van der Waals surface area contributed by atoms with Crippen LogP contribution in [0, 0.1) is 0 Å². The van der Waals surface area contributed by atoms with Crippen LogP contribution in [0.3, 0.4) is 0 Å². The van der Waals surface area contributed by atoms with Gasteiger partial charge in [-0.1, -0.05) is 29.3 Å². The molecule has 1 aliphatic rings. The monoisotopic (exact) mass is 631 g/mol. The molecular weight excluding hydrogens is 593 g/mol. The molecular formula is C29H39Cl2N9O3. The summed E-state index contributed by atoms with van der Waals surface area (Å²) in [6, 6.07) is 6.44. The van der Waals surface area contributed by atoms with Crippen LogP contribution >= 0.6 is 23.2 Å². The zero-order valence-electron chi connectivity index (χ0n) is 25.0. The fourth-order valence-electron chi connectivity index (χ4n) is 4.47. The number of hydrogen-bond acceptors (Lipinski definition) is 9. The Hall–Kier alpha value is -3.45. The summed E-state index contributed by atoms with van der Waals surface area (Å²) in [5.74, 6) is 0.672. The summed E-state index contributed by atoms with van der Waals surface area (Å²) >= 11 is 13.0. The fourth-order valence-corrected chi connectivity index (χ4v) is 5.07. The van der Waals surface area contributed by atoms with Gasteiger partial charge in [-0.2, -0.15) is 4.98 Å². The van der Waals surface area contributed by atoms with Crippen molar-refractivity contribution < 1.29 is 14.3 Å². The summed E-state index contributed by atoms with van der Waals surface area (Å²) in [4.78, 5) is 43.2. The summed E-state index contributed by atoms with van der Waals surface area (Å²) in [5.41, 5.74) is 0.816. The molecule has 4 N–H and O–H groups in total. The first-order chi connectivity index (χ1) is 20.5. The van der Waals surface area contributed by atoms with Gasteiger partial charge < -0.3 is 30.5 Å². The number of ether oxygens (including phenoxy) is 1. The number of urea groups is 1. The number of halogens is 2. The van der Waals surface area contributed by atoms with E-state index < -0.39 is 17.7 Å². The first-order valence-electron chi connectivity index (χ1n) is 14.3. The molecule has 0 bridgehead atoms. The molecule has 0 atom stereocenters. The average molecular weight is 633 g/mol. The minimum Gasteiger partial charge on any atom is -0.444 e. The molecule has 12 nitrogen and oxygen atoms in total. The number of carbonyl (C=O) groups is 2. The molecule has 0 radical (unpaired) electrons. The highest BCUT2D eigenvalue weighted by molar-refractivity contribution is 6.39. The molecule has 3 amide bonds. The molecule has 1 fully saturated rings. The number of benzene rings is 1. The summed E-state index contributed by atoms with van der Waals surface area (Å²) in [6.45, 7) is 11.7. The average Bonchev–Trinajstić information content (AvgIpc) is 2.93. The van der Waals surface area contributed by atoms with Crippen molar-refractivity contribution >= 4 is 58.1 Å². The second-order valence-electron chi connectivity index (χ2n) is 11.3. The van der Waals surface area contributed by atoms with Crippen molar-refractivity contribution in [2.75, 3.05) is 70.0 Å². The lowest BCUT2D eigenvalue weighted by Crippen LogP contribution is -2.44. The number of carbonyl (C=O) groups excluding carboxylic acids is 2. The number of anilines is 2. The van der Waals surface area contributed by atoms with Crippen LogP contribution in [-0.2, 0) is 4.74 Å². The smallest absolute Gasteiger partial charge is 0.407 e. The third-order valence-corrected chi connectivity index (χ3v) is 7.27. The van der Waals surface area contributed by atoms with Crippen molar-refractivity contribution in [1.29, 1.82) is 0 Å². The third kappa shape index (κ3) is 9.78. The molecule has 3 heterocycles. The highest BCUT2D eigenvalue weighted by Crippen LogP contribution is 2.39. The minimum atomic E-state index is -0.615. The molecule has 43 heavy (non-hydrogen) atoms. The number of nitrogens with zero attached hydrogens (tertiary/aromatic N) is 5. The van der Waals surface area contributed by atoms with Gasteiger partial charge in [0, 0.05) is 68.5 Å². The van der Waals surface area contributed by atoms with Crippen molar-refractivity contribution in [3.8, 4) is 11.1 Å². The van der Waals surface area contributed by atoms with Crippen LogP contribution in [0.25, 0.3) is 22.2 Å². The van der Waals surface area contributed by atoms with Crippen LogP contribution in [0.2, 0.25) is 10.0 Å². The molecule has 2 aromatic heterocycles. The van der Waals surface area contributed by atoms with Gasteiger partial charge in [-0.05, 0) is 59.0 Å². The zero-order valence-corrected chi connectivity index (χ0v) is 26.5. The van der Waals surface area contributed by atoms with E-state index >= 15 is 0 Å². The largest absolute Gasteiger partial charge is 0.444 e. The van der Waals surface area contributed by atoms with E-state index in [0.29, 0.717) is 38.2 Å². The Balaban J connectivity index is 1.45. The highest BCUT2D eigenvalue weighted by Gasteiger charge is 2.19. The van der Waals surface area contributed by atoms with E-state index in [-0.39, 0.29) is 18.9 Å². The van der Waals surface area contributed by atoms with Gasteiger partial charge in [-0.15, -0.1) is 0 Å². The van der Waals surface area contributed by atoms with Crippen LogP contribution in [0.5, 0.6) is 0 Å². The van der Waals surface area contributed by atoms with Gasteiger partial charge in [0.15, 0.2) is 5.65 Å². The molecule has 3 aromatic rings. The molecule has 0 spiro atoms. The Bertz CT molecular complexity index is 1410. The summed E-state index contributed by atoms with van der Waals surface area (Å²) in [5, 5.41) is 12.8. The Morgan fingerprint density at radius 2 is 1.70 bits per heavy atom. The molecule has 0 saturated carbocycles. The van der Waals surface area contributed by atoms with Gasteiger partial charge in [0.25, 0.3) is 0 Å². The Kier molecular flexibility index (Phi) is 11.2. The standard InChI is InChI=1S/C29H39Cl2N9O3/c1-29(2,3)43-28(42)34-11-10-33-27(41)38-25-20(23-21(30)7-5-8-22(23)31)17-19-18-35-26(37-24(19)36-25)32-9-6-12-40-15-13-39(4)14-16-40/h5,7-8,17-18H,6,9-16H2,1-4H3,(H,34,42)(H3,32,33,35,36,37,38,41). The predicted octanol–water partition coefficient (Wildman–Crippen LogP) is 4.69. The van der Waals surface area contributed by atoms with Gasteiger partial charge in [0.2, 0.25) is 5.95 Å². The number of fused-ring (bicyclic) bond motifs is 1. The molecule has 1 aromatic carbocycles. The lowest BCUT2D eigenvalue weighted by molar-refractivity contribution is 0.0528. The van der Waals surface area contributed by atoms with Gasteiger partial charge in [0.1, 0.15) is 11.4 Å². The van der Waals surface area contributed by atoms with Crippen molar-refractivity contribution in [2.45, 2.75) is 32.8 Å². The van der Waals surface area contributed by atoms with E-state index in [1.165, 1.54) is 0 Å². The van der Waals surface area contributed by atoms with Crippen molar-refractivity contribution in [3.63, 3.8) is 0 Å². The topological polar surface area (TPSA) is 137 Å². The van der Waals surface area contributed by atoms with Crippen LogP contribution in [0.4, 0.5) is 21.4 Å². The summed E-state index contributed by atoms with van der Waals surface area (Å²) < 4.78 is 5.21. The Morgan fingerprint density at radius 3 is 2.40 bits per heavy atom. The number of likely N-dealkylation sites (N-methyl/N-ethyl adjacent to an activating group) is 1. The quantitative estimate of drug-likeness (QED) is 0.235. The first-order valence-corrected chi connectivity index (χ1v) is 15.0. The van der Waals surface area contributed by atoms with E-state index in [1.807, 2.05) is 0 Å². The van der Waals surface area contributed by atoms with Gasteiger partial charge in [-0.25, -0.2) is 19.6 Å². The molecule has 4 rings (SSSR count). The van der Waals surface area contributed by atoms with E-state index in [0.717, 1.165) is 45.7 Å². The molecule has 14 heteroatoms. The number of amides is 3. The van der Waals surface area contributed by atoms with Crippen LogP contribution in [0.1, 0.15) is 27.2 Å². The SMILES string of the molecule is CN1CCN(CCCNc2ncc3cc(-c4c(Cl)cccc4Cl)c(NC(=O)NCCNC(=O)OC(C)(C)C)nc3n2)CC1. The lowest BCUT2D eigenvalue weighted by Gasteiger charge is -2.32. The maximum absolute atomic E-state index is 12.8. The number of rotatable bonds is 10. The van der Waals surface area contributed by atoms with Crippen LogP contribution in [0.15, 0.2) is 30.5 Å². The third-order valence-electron chi connectivity index (χ3n) is 6.64. The van der Waals surface area contributed by atoms with Gasteiger partial charge in [0.05, 0.1) is 10.0 Å². The Labute approximate surface area is 261 Å². The summed E-state index contributed by atoms with van der Waals surface area (Å²) in [7, 11) is 2.15. The number of alkyl carbamates (subject to hydrolysis) is 1. The van der Waals surface area contributed by atoms with Crippen LogP contribution in [-0.4, -0.2) is 102 Å². The van der Waals surface area contributed by atoms with E-state index in [4.69, 9.17) is 27.9 Å². The maximum atomic E-state index is 12.8. The molecule has 232 valence electrons. The minimum absolute atomic E-state index is 0.158. The van der Waals surface area contributed by atoms with Crippen molar-refractivity contribution in [2.24, 2.45) is 0 Å². The summed E-state index contributed by atoms with van der Waals surface area (Å²) in [6.07, 6.45) is 2.07. The number of nitrogens with one attached hydrogen (secondary N) is 4. The van der Waals surface area contributed by atoms with Gasteiger partial charge in [-0.3, -0.25) is 5.32 Å². The van der Waals surface area contributed by atoms with E-state index in [2.05, 4.69) is 53.1 Å². The highest BCUT2D eigenvalue weighted by atomic mass is 35.5. The van der Waals surface area contributed by atoms with Crippen molar-refractivity contribution in [1.82, 2.24) is 35.4 Å². The Morgan fingerprint density at radius 1 is 1.00 bits per heavy atom. The van der Waals surface area contributed by atoms with Crippen LogP contribution < -0.4 is 21.3 Å². The number of hydrogen-bond donors (Lipinski definition) is 4.